The van der Waals surface area contributed by atoms with Gasteiger partial charge in [0.15, 0.2) is 5.76 Å². The van der Waals surface area contributed by atoms with E-state index >= 15 is 0 Å². The van der Waals surface area contributed by atoms with Crippen LogP contribution in [0.5, 0.6) is 0 Å². The van der Waals surface area contributed by atoms with E-state index in [1.54, 1.807) is 36.1 Å². The highest BCUT2D eigenvalue weighted by Gasteiger charge is 2.30. The molecule has 5 nitrogen and oxygen atoms in total. The molecule has 3 heterocycles. The van der Waals surface area contributed by atoms with E-state index in [9.17, 15) is 4.79 Å². The summed E-state index contributed by atoms with van der Waals surface area (Å²) >= 11 is 1.64. The molecule has 0 saturated carbocycles. The molecule has 0 fully saturated rings. The lowest BCUT2D eigenvalue weighted by Gasteiger charge is -2.19. The summed E-state index contributed by atoms with van der Waals surface area (Å²) in [5.41, 5.74) is 2.87. The van der Waals surface area contributed by atoms with E-state index in [4.69, 9.17) is 4.52 Å². The fraction of sp³-hybridized carbons (Fsp3) is 0.211. The molecule has 1 aliphatic rings. The second-order valence-corrected chi connectivity index (χ2v) is 7.28. The molecule has 1 amide bonds. The van der Waals surface area contributed by atoms with Gasteiger partial charge in [-0.15, -0.1) is 11.8 Å². The van der Waals surface area contributed by atoms with Crippen LogP contribution in [0, 0.1) is 0 Å². The number of thioether (sulfide) groups is 1. The number of hydrogen-bond acceptors (Lipinski definition) is 5. The predicted molar refractivity (Wildman–Crippen MR) is 96.0 cm³/mol. The highest BCUT2D eigenvalue weighted by Crippen LogP contribution is 2.37. The van der Waals surface area contributed by atoms with Gasteiger partial charge in [-0.3, -0.25) is 9.78 Å². The van der Waals surface area contributed by atoms with Gasteiger partial charge >= 0.3 is 0 Å². The van der Waals surface area contributed by atoms with Gasteiger partial charge in [0.25, 0.3) is 0 Å². The van der Waals surface area contributed by atoms with E-state index in [0.717, 1.165) is 17.7 Å². The zero-order valence-corrected chi connectivity index (χ0v) is 14.6. The zero-order valence-electron chi connectivity index (χ0n) is 13.8. The van der Waals surface area contributed by atoms with Crippen LogP contribution in [0.25, 0.3) is 11.3 Å². The number of carbonyl (C=O) groups excluding carboxylic acids is 1. The quantitative estimate of drug-likeness (QED) is 0.721. The molecular formula is C19H17N3O2S. The predicted octanol–water partition coefficient (Wildman–Crippen LogP) is 3.41. The highest BCUT2D eigenvalue weighted by atomic mass is 32.2. The number of amides is 1. The van der Waals surface area contributed by atoms with Gasteiger partial charge in [-0.25, -0.2) is 0 Å². The minimum atomic E-state index is -0.0666. The number of nitrogens with zero attached hydrogens (tertiary/aromatic N) is 3. The monoisotopic (exact) mass is 351 g/mol. The maximum atomic E-state index is 12.7. The molecule has 126 valence electrons. The molecule has 1 aromatic carbocycles. The first-order chi connectivity index (χ1) is 12.2. The second-order valence-electron chi connectivity index (χ2n) is 6.03. The molecule has 1 aliphatic heterocycles. The normalized spacial score (nSPS) is 15.8. The third-order valence-electron chi connectivity index (χ3n) is 4.21. The smallest absolute Gasteiger partial charge is 0.236 e. The van der Waals surface area contributed by atoms with E-state index < -0.39 is 0 Å². The van der Waals surface area contributed by atoms with Crippen molar-refractivity contribution in [1.29, 1.82) is 0 Å². The van der Waals surface area contributed by atoms with E-state index in [0.29, 0.717) is 12.3 Å². The summed E-state index contributed by atoms with van der Waals surface area (Å²) in [6.07, 6.45) is 4.23. The van der Waals surface area contributed by atoms with Gasteiger partial charge in [0.1, 0.15) is 5.69 Å². The van der Waals surface area contributed by atoms with Crippen molar-refractivity contribution in [3.05, 3.63) is 66.2 Å². The van der Waals surface area contributed by atoms with Crippen molar-refractivity contribution < 1.29 is 9.32 Å². The maximum Gasteiger partial charge on any atom is 0.236 e. The van der Waals surface area contributed by atoms with Gasteiger partial charge in [-0.1, -0.05) is 23.4 Å². The lowest BCUT2D eigenvalue weighted by molar-refractivity contribution is -0.130. The van der Waals surface area contributed by atoms with Crippen molar-refractivity contribution in [3.63, 3.8) is 0 Å². The van der Waals surface area contributed by atoms with Crippen molar-refractivity contribution in [3.8, 4) is 11.3 Å². The maximum absolute atomic E-state index is 12.7. The average molecular weight is 351 g/mol. The number of benzene rings is 1. The number of rotatable bonds is 4. The largest absolute Gasteiger partial charge is 0.359 e. The molecule has 4 rings (SSSR count). The fourth-order valence-electron chi connectivity index (χ4n) is 2.92. The van der Waals surface area contributed by atoms with Crippen LogP contribution in [0.1, 0.15) is 11.3 Å². The van der Waals surface area contributed by atoms with Crippen LogP contribution < -0.4 is 0 Å². The SMILES string of the molecule is CN(Cc1cc(-c2cccnc2)no1)C(=O)[C@H]1Cc2ccccc2S1. The fourth-order valence-corrected chi connectivity index (χ4v) is 4.23. The summed E-state index contributed by atoms with van der Waals surface area (Å²) in [5.74, 6) is 0.774. The van der Waals surface area contributed by atoms with Crippen LogP contribution in [0.2, 0.25) is 0 Å². The Morgan fingerprint density at radius 2 is 2.20 bits per heavy atom. The molecule has 1 atom stereocenters. The Balaban J connectivity index is 1.42. The van der Waals surface area contributed by atoms with Crippen molar-refractivity contribution in [2.24, 2.45) is 0 Å². The van der Waals surface area contributed by atoms with Crippen LogP contribution in [0.15, 0.2) is 64.3 Å². The van der Waals surface area contributed by atoms with Gasteiger partial charge in [0.05, 0.1) is 11.8 Å². The van der Waals surface area contributed by atoms with Crippen molar-refractivity contribution >= 4 is 17.7 Å². The first kappa shape index (κ1) is 15.9. The topological polar surface area (TPSA) is 59.2 Å². The van der Waals surface area contributed by atoms with Gasteiger partial charge in [0, 0.05) is 36.0 Å². The first-order valence-corrected chi connectivity index (χ1v) is 8.94. The second kappa shape index (κ2) is 6.72. The summed E-state index contributed by atoms with van der Waals surface area (Å²) in [5, 5.41) is 4.00. The third kappa shape index (κ3) is 3.30. The van der Waals surface area contributed by atoms with Gasteiger partial charge in [0.2, 0.25) is 5.91 Å². The summed E-state index contributed by atoms with van der Waals surface area (Å²) in [4.78, 5) is 19.7. The molecule has 2 aromatic heterocycles. The lowest BCUT2D eigenvalue weighted by Crippen LogP contribution is -2.34. The summed E-state index contributed by atoms with van der Waals surface area (Å²) in [6.45, 7) is 0.402. The standard InChI is InChI=1S/C19H17N3O2S/c1-22(19(23)18-9-13-5-2-3-7-17(13)25-18)12-15-10-16(21-24-15)14-6-4-8-20-11-14/h2-8,10-11,18H,9,12H2,1H3/t18-/m1/s1. The van der Waals surface area contributed by atoms with E-state index in [1.165, 1.54) is 10.5 Å². The van der Waals surface area contributed by atoms with Gasteiger partial charge in [-0.05, 0) is 30.2 Å². The van der Waals surface area contributed by atoms with Crippen LogP contribution >= 0.6 is 11.8 Å². The third-order valence-corrected chi connectivity index (χ3v) is 5.51. The van der Waals surface area contributed by atoms with Crippen LogP contribution in [-0.2, 0) is 17.8 Å². The minimum absolute atomic E-state index is 0.0666. The molecule has 3 aromatic rings. The summed E-state index contributed by atoms with van der Waals surface area (Å²) in [7, 11) is 1.80. The van der Waals surface area contributed by atoms with Crippen molar-refractivity contribution in [2.45, 2.75) is 23.1 Å². The van der Waals surface area contributed by atoms with Crippen LogP contribution in [0.4, 0.5) is 0 Å². The molecule has 0 unspecified atom stereocenters. The van der Waals surface area contributed by atoms with E-state index in [1.807, 2.05) is 30.3 Å². The summed E-state index contributed by atoms with van der Waals surface area (Å²) < 4.78 is 5.39. The number of fused-ring (bicyclic) bond motifs is 1. The molecule has 0 spiro atoms. The Morgan fingerprint density at radius 3 is 3.00 bits per heavy atom. The number of pyridine rings is 1. The lowest BCUT2D eigenvalue weighted by atomic mass is 10.1. The molecule has 6 heteroatoms. The van der Waals surface area contributed by atoms with Crippen LogP contribution in [0.3, 0.4) is 0 Å². The Bertz CT molecular complexity index is 869. The van der Waals surface area contributed by atoms with Crippen LogP contribution in [-0.4, -0.2) is 33.2 Å². The van der Waals surface area contributed by atoms with Crippen molar-refractivity contribution in [2.75, 3.05) is 7.05 Å². The Kier molecular flexibility index (Phi) is 4.28. The Morgan fingerprint density at radius 1 is 1.32 bits per heavy atom. The number of carbonyl (C=O) groups is 1. The molecule has 0 saturated heterocycles. The first-order valence-electron chi connectivity index (χ1n) is 8.06. The average Bonchev–Trinajstić information content (AvgIpc) is 3.28. The molecule has 0 bridgehead atoms. The molecule has 0 aliphatic carbocycles. The molecule has 0 N–H and O–H groups in total. The van der Waals surface area contributed by atoms with Gasteiger partial charge < -0.3 is 9.42 Å². The number of hydrogen-bond donors (Lipinski definition) is 0. The minimum Gasteiger partial charge on any atom is -0.359 e. The Labute approximate surface area is 150 Å². The summed E-state index contributed by atoms with van der Waals surface area (Å²) in [6, 6.07) is 13.8. The van der Waals surface area contributed by atoms with Crippen molar-refractivity contribution in [1.82, 2.24) is 15.0 Å². The van der Waals surface area contributed by atoms with E-state index in [2.05, 4.69) is 22.3 Å². The highest BCUT2D eigenvalue weighted by molar-refractivity contribution is 8.01. The zero-order chi connectivity index (χ0) is 17.2. The Hall–Kier alpha value is -2.60. The molecule has 0 radical (unpaired) electrons. The molecule has 25 heavy (non-hydrogen) atoms. The number of aromatic nitrogens is 2. The van der Waals surface area contributed by atoms with E-state index in [-0.39, 0.29) is 11.2 Å². The van der Waals surface area contributed by atoms with Gasteiger partial charge in [-0.2, -0.15) is 0 Å². The molecular weight excluding hydrogens is 334 g/mol.